The SMILES string of the molecule is CNc1ccn(-c2ccnc3c2cc(CN2CCC(c4c(F)cc(C(=O)N5CCC(CN6CCN(Cc7ccc8c(c7)[N+](C)([O-])CN8[C@@H]7CCC(=O)NC7=O)CC6)CC5)cc4F)CC2)n3C)c(=O)c1. The standard InChI is InChI=1S/C51H61F2N11O5/c1-54-37-13-19-62(47(66)27-37)42-8-14-55-49-39(42)28-38(57(49)2)31-58-15-11-35(12-16-58)48-40(52)25-36(26-41(48)53)51(68)61-17-9-33(10-18-61)29-59-20-22-60(23-21-59)30-34-4-5-43-45(24-34)64(3,69)32-63(43)44-6-7-46(65)56-50(44)67/h4-5,8,13-14,19,24-28,33,35,44,54H,6-7,9-12,15-18,20-23,29-32H2,1-3H3,(H,56,65,67)/t44-,64?/m1/s1. The Bertz CT molecular complexity index is 2820. The molecule has 69 heavy (non-hydrogen) atoms. The average molecular weight is 946 g/mol. The van der Waals surface area contributed by atoms with E-state index >= 15 is 8.78 Å². The summed E-state index contributed by atoms with van der Waals surface area (Å²) < 4.78 is 34.7. The largest absolute Gasteiger partial charge is 0.626 e. The highest BCUT2D eigenvalue weighted by atomic mass is 19.1. The minimum Gasteiger partial charge on any atom is -0.626 e. The summed E-state index contributed by atoms with van der Waals surface area (Å²) in [4.78, 5) is 66.3. The van der Waals surface area contributed by atoms with Crippen molar-refractivity contribution in [2.24, 2.45) is 13.0 Å². The van der Waals surface area contributed by atoms with Gasteiger partial charge in [0.15, 0.2) is 12.4 Å². The molecule has 1 unspecified atom stereocenters. The number of halogens is 2. The lowest BCUT2D eigenvalue weighted by Gasteiger charge is -2.39. The van der Waals surface area contributed by atoms with E-state index in [0.29, 0.717) is 70.1 Å². The molecule has 5 aromatic rings. The quantitative estimate of drug-likeness (QED) is 0.103. The summed E-state index contributed by atoms with van der Waals surface area (Å²) in [5, 5.41) is 19.9. The van der Waals surface area contributed by atoms with Crippen LogP contribution in [0.15, 0.2) is 71.8 Å². The second-order valence-electron chi connectivity index (χ2n) is 19.9. The maximum Gasteiger partial charge on any atom is 0.257 e. The maximum absolute atomic E-state index is 15.8. The summed E-state index contributed by atoms with van der Waals surface area (Å²) in [7, 11) is 5.34. The third kappa shape index (κ3) is 9.39. The monoisotopic (exact) mass is 945 g/mol. The Hall–Kier alpha value is -6.05. The van der Waals surface area contributed by atoms with E-state index in [0.717, 1.165) is 84.9 Å². The first-order valence-corrected chi connectivity index (χ1v) is 24.3. The number of piperazine rings is 1. The highest BCUT2D eigenvalue weighted by Gasteiger charge is 2.42. The van der Waals surface area contributed by atoms with E-state index < -0.39 is 22.3 Å². The molecule has 10 rings (SSSR count). The molecule has 0 aliphatic carbocycles. The van der Waals surface area contributed by atoms with Gasteiger partial charge in [0, 0.05) is 132 Å². The van der Waals surface area contributed by atoms with Crippen LogP contribution in [0.3, 0.4) is 0 Å². The first-order chi connectivity index (χ1) is 33.2. The number of fused-ring (bicyclic) bond motifs is 2. The molecule has 2 N–H and O–H groups in total. The Morgan fingerprint density at radius 3 is 2.25 bits per heavy atom. The summed E-state index contributed by atoms with van der Waals surface area (Å²) in [6.45, 7) is 8.36. The number of nitrogens with zero attached hydrogens (tertiary/aromatic N) is 9. The van der Waals surface area contributed by atoms with Gasteiger partial charge in [-0.1, -0.05) is 6.07 Å². The summed E-state index contributed by atoms with van der Waals surface area (Å²) in [6, 6.07) is 15.2. The first kappa shape index (κ1) is 46.7. The molecule has 3 aromatic heterocycles. The van der Waals surface area contributed by atoms with Gasteiger partial charge in [-0.3, -0.25) is 38.9 Å². The number of quaternary nitrogens is 1. The molecule has 0 radical (unpaired) electrons. The Kier molecular flexibility index (Phi) is 12.9. The van der Waals surface area contributed by atoms with Gasteiger partial charge < -0.3 is 34.4 Å². The van der Waals surface area contributed by atoms with Gasteiger partial charge in [0.1, 0.15) is 29.0 Å². The molecule has 2 aromatic carbocycles. The van der Waals surface area contributed by atoms with E-state index in [2.05, 4.69) is 36.4 Å². The number of nitrogens with one attached hydrogen (secondary N) is 2. The molecule has 0 saturated carbocycles. The molecule has 0 bridgehead atoms. The minimum absolute atomic E-state index is 0.0542. The Morgan fingerprint density at radius 1 is 0.841 bits per heavy atom. The lowest BCUT2D eigenvalue weighted by Crippen LogP contribution is -2.55. The number of piperidine rings is 3. The number of aryl methyl sites for hydroxylation is 1. The van der Waals surface area contributed by atoms with E-state index in [-0.39, 0.29) is 53.4 Å². The molecular weight excluding hydrogens is 885 g/mol. The zero-order chi connectivity index (χ0) is 48.1. The highest BCUT2D eigenvalue weighted by Crippen LogP contribution is 2.43. The van der Waals surface area contributed by atoms with Gasteiger partial charge in [0.2, 0.25) is 11.8 Å². The second kappa shape index (κ2) is 19.0. The second-order valence-corrected chi connectivity index (χ2v) is 19.9. The van der Waals surface area contributed by atoms with Crippen LogP contribution in [-0.2, 0) is 29.7 Å². The van der Waals surface area contributed by atoms with E-state index in [1.807, 2.05) is 46.8 Å². The molecular formula is C51H61F2N11O5. The number of carbonyl (C=O) groups is 3. The van der Waals surface area contributed by atoms with Crippen molar-refractivity contribution in [2.75, 3.05) is 89.9 Å². The lowest BCUT2D eigenvalue weighted by atomic mass is 9.87. The predicted molar refractivity (Wildman–Crippen MR) is 261 cm³/mol. The third-order valence-electron chi connectivity index (χ3n) is 15.3. The predicted octanol–water partition coefficient (Wildman–Crippen LogP) is 5.11. The molecule has 3 amide bonds. The number of carbonyl (C=O) groups excluding carboxylic acids is 3. The maximum atomic E-state index is 15.8. The highest BCUT2D eigenvalue weighted by molar-refractivity contribution is 6.02. The Morgan fingerprint density at radius 2 is 1.55 bits per heavy atom. The third-order valence-corrected chi connectivity index (χ3v) is 15.3. The van der Waals surface area contributed by atoms with Crippen molar-refractivity contribution in [1.82, 2.24) is 43.7 Å². The van der Waals surface area contributed by atoms with Crippen molar-refractivity contribution < 1.29 is 23.2 Å². The minimum atomic E-state index is -0.660. The molecule has 5 aliphatic heterocycles. The van der Waals surface area contributed by atoms with Crippen LogP contribution < -0.4 is 25.7 Å². The number of anilines is 2. The number of rotatable bonds is 11. The smallest absolute Gasteiger partial charge is 0.257 e. The van der Waals surface area contributed by atoms with Crippen LogP contribution in [0.4, 0.5) is 25.8 Å². The molecule has 0 spiro atoms. The Labute approximate surface area is 400 Å². The van der Waals surface area contributed by atoms with Crippen LogP contribution in [0, 0.1) is 22.8 Å². The van der Waals surface area contributed by atoms with Crippen molar-refractivity contribution in [3.63, 3.8) is 0 Å². The van der Waals surface area contributed by atoms with Crippen molar-refractivity contribution in [2.45, 2.75) is 63.6 Å². The number of hydroxylamine groups is 2. The fourth-order valence-electron chi connectivity index (χ4n) is 11.4. The van der Waals surface area contributed by atoms with Gasteiger partial charge in [-0.25, -0.2) is 13.8 Å². The van der Waals surface area contributed by atoms with Gasteiger partial charge in [0.05, 0.1) is 12.7 Å². The number of hydrogen-bond acceptors (Lipinski definition) is 11. The van der Waals surface area contributed by atoms with E-state index in [4.69, 9.17) is 0 Å². The van der Waals surface area contributed by atoms with Crippen LogP contribution in [0.25, 0.3) is 16.7 Å². The summed E-state index contributed by atoms with van der Waals surface area (Å²) >= 11 is 0. The van der Waals surface area contributed by atoms with E-state index in [1.165, 1.54) is 12.1 Å². The van der Waals surface area contributed by atoms with Crippen LogP contribution in [0.5, 0.6) is 0 Å². The van der Waals surface area contributed by atoms with Gasteiger partial charge >= 0.3 is 0 Å². The number of benzene rings is 2. The van der Waals surface area contributed by atoms with Gasteiger partial charge in [-0.15, -0.1) is 0 Å². The van der Waals surface area contributed by atoms with E-state index in [9.17, 15) is 24.4 Å². The fraction of sp³-hybridized carbons (Fsp3) is 0.471. The number of aromatic nitrogens is 3. The zero-order valence-corrected chi connectivity index (χ0v) is 39.6. The molecule has 5 aliphatic rings. The molecule has 18 heteroatoms. The number of amides is 3. The van der Waals surface area contributed by atoms with Gasteiger partial charge in [0.25, 0.3) is 11.5 Å². The van der Waals surface area contributed by atoms with Crippen LogP contribution in [0.1, 0.15) is 71.6 Å². The summed E-state index contributed by atoms with van der Waals surface area (Å²) in [5.41, 5.74) is 5.68. The molecule has 8 heterocycles. The number of imide groups is 1. The normalized spacial score (nSPS) is 22.4. The number of likely N-dealkylation sites (tertiary alicyclic amines) is 2. The topological polar surface area (TPSA) is 154 Å². The van der Waals surface area contributed by atoms with Crippen molar-refractivity contribution in [3.05, 3.63) is 117 Å². The molecule has 4 saturated heterocycles. The average Bonchev–Trinajstić information content (AvgIpc) is 3.80. The van der Waals surface area contributed by atoms with Crippen molar-refractivity contribution >= 4 is 45.8 Å². The Balaban J connectivity index is 0.683. The van der Waals surface area contributed by atoms with Crippen LogP contribution in [-0.4, -0.2) is 137 Å². The molecule has 2 atom stereocenters. The number of hydrogen-bond donors (Lipinski definition) is 2. The summed E-state index contributed by atoms with van der Waals surface area (Å²) in [5.74, 6) is -2.16. The number of pyridine rings is 2. The fourth-order valence-corrected chi connectivity index (χ4v) is 11.4. The molecule has 4 fully saturated rings. The van der Waals surface area contributed by atoms with E-state index in [1.54, 1.807) is 42.0 Å². The first-order valence-electron chi connectivity index (χ1n) is 24.3. The van der Waals surface area contributed by atoms with Crippen LogP contribution in [0.2, 0.25) is 0 Å². The van der Waals surface area contributed by atoms with Gasteiger partial charge in [-0.05, 0) is 99.0 Å². The molecule has 364 valence electrons. The van der Waals surface area contributed by atoms with Crippen molar-refractivity contribution in [3.8, 4) is 5.69 Å². The molecule has 16 nitrogen and oxygen atoms in total. The van der Waals surface area contributed by atoms with Crippen molar-refractivity contribution in [1.29, 1.82) is 0 Å². The van der Waals surface area contributed by atoms with Gasteiger partial charge in [-0.2, -0.15) is 0 Å². The summed E-state index contributed by atoms with van der Waals surface area (Å²) in [6.07, 6.45) is 6.92. The zero-order valence-electron chi connectivity index (χ0n) is 39.6. The lowest BCUT2D eigenvalue weighted by molar-refractivity contribution is -0.134. The van der Waals surface area contributed by atoms with Crippen LogP contribution >= 0.6 is 0 Å².